The van der Waals surface area contributed by atoms with Crippen LogP contribution in [-0.4, -0.2) is 31.0 Å². The summed E-state index contributed by atoms with van der Waals surface area (Å²) in [5.74, 6) is 1.18. The molecule has 1 aromatic heterocycles. The fourth-order valence-corrected chi connectivity index (χ4v) is 2.64. The molecule has 2 rings (SSSR count). The van der Waals surface area contributed by atoms with E-state index in [0.717, 1.165) is 13.1 Å². The van der Waals surface area contributed by atoms with E-state index in [1.165, 1.54) is 10.4 Å². The Labute approximate surface area is 88.3 Å². The third-order valence-electron chi connectivity index (χ3n) is 2.51. The Morgan fingerprint density at radius 1 is 1.64 bits per heavy atom. The molecule has 0 fully saturated rings. The van der Waals surface area contributed by atoms with Crippen molar-refractivity contribution >= 4 is 17.3 Å². The van der Waals surface area contributed by atoms with Crippen molar-refractivity contribution in [3.05, 3.63) is 21.9 Å². The predicted octanol–water partition coefficient (Wildman–Crippen LogP) is 1.40. The summed E-state index contributed by atoms with van der Waals surface area (Å²) in [7, 11) is 1.99. The van der Waals surface area contributed by atoms with Gasteiger partial charge in [0.25, 0.3) is 0 Å². The maximum absolute atomic E-state index is 5.70. The minimum Gasteiger partial charge on any atom is -0.370 e. The third-order valence-corrected chi connectivity index (χ3v) is 3.73. The summed E-state index contributed by atoms with van der Waals surface area (Å²) in [5.41, 5.74) is 7.05. The normalized spacial score (nSPS) is 22.3. The smallest absolute Gasteiger partial charge is 0.191 e. The van der Waals surface area contributed by atoms with Crippen molar-refractivity contribution in [3.8, 4) is 0 Å². The average molecular weight is 209 g/mol. The lowest BCUT2D eigenvalue weighted by molar-refractivity contribution is 0.425. The molecule has 1 unspecified atom stereocenters. The number of likely N-dealkylation sites (N-methyl/N-ethyl adjacent to an activating group) is 1. The van der Waals surface area contributed by atoms with Gasteiger partial charge >= 0.3 is 0 Å². The lowest BCUT2D eigenvalue weighted by atomic mass is 10.1. The molecule has 1 atom stereocenters. The molecule has 14 heavy (non-hydrogen) atoms. The number of rotatable bonds is 1. The molecule has 0 aliphatic carbocycles. The quantitative estimate of drug-likeness (QED) is 0.759. The van der Waals surface area contributed by atoms with E-state index in [1.54, 1.807) is 0 Å². The molecule has 0 saturated heterocycles. The maximum Gasteiger partial charge on any atom is 0.191 e. The second-order valence-corrected chi connectivity index (χ2v) is 4.75. The molecule has 0 radical (unpaired) electrons. The van der Waals surface area contributed by atoms with Crippen molar-refractivity contribution in [1.29, 1.82) is 0 Å². The zero-order valence-corrected chi connectivity index (χ0v) is 9.34. The number of nitrogens with two attached hydrogens (primary N) is 1. The van der Waals surface area contributed by atoms with Crippen LogP contribution in [0.4, 0.5) is 0 Å². The fourth-order valence-electron chi connectivity index (χ4n) is 1.65. The molecule has 1 aliphatic heterocycles. The van der Waals surface area contributed by atoms with E-state index >= 15 is 0 Å². The number of aryl methyl sites for hydroxylation is 1. The maximum atomic E-state index is 5.70. The van der Waals surface area contributed by atoms with E-state index in [1.807, 2.05) is 23.3 Å². The van der Waals surface area contributed by atoms with Crippen LogP contribution >= 0.6 is 11.3 Å². The minimum atomic E-state index is 0.519. The van der Waals surface area contributed by atoms with Crippen LogP contribution in [0.1, 0.15) is 16.4 Å². The second kappa shape index (κ2) is 3.61. The Bertz CT molecular complexity index is 356. The van der Waals surface area contributed by atoms with Gasteiger partial charge in [0, 0.05) is 24.4 Å². The van der Waals surface area contributed by atoms with Crippen LogP contribution in [0.25, 0.3) is 0 Å². The molecule has 0 amide bonds. The van der Waals surface area contributed by atoms with Gasteiger partial charge in [0.05, 0.1) is 6.54 Å². The number of nitrogens with zero attached hydrogens (tertiary/aromatic N) is 2. The number of hydrogen-bond donors (Lipinski definition) is 1. The van der Waals surface area contributed by atoms with Gasteiger partial charge in [-0.2, -0.15) is 0 Å². The minimum absolute atomic E-state index is 0.519. The molecule has 0 aromatic carbocycles. The van der Waals surface area contributed by atoms with E-state index in [0.29, 0.717) is 11.9 Å². The summed E-state index contributed by atoms with van der Waals surface area (Å²) in [6.07, 6.45) is 0. The zero-order valence-electron chi connectivity index (χ0n) is 8.53. The van der Waals surface area contributed by atoms with Gasteiger partial charge in [0.2, 0.25) is 0 Å². The standard InChI is InChI=1S/C10H15N3S/c1-7-3-9(14-6-7)8-4-12-10(11)13(2)5-8/h3,6,8H,4-5H2,1-2H3,(H2,11,12). The summed E-state index contributed by atoms with van der Waals surface area (Å²) < 4.78 is 0. The summed E-state index contributed by atoms with van der Waals surface area (Å²) >= 11 is 1.82. The molecule has 1 aliphatic rings. The first-order valence-electron chi connectivity index (χ1n) is 4.73. The van der Waals surface area contributed by atoms with Crippen molar-refractivity contribution in [3.63, 3.8) is 0 Å². The number of hydrogen-bond acceptors (Lipinski definition) is 4. The van der Waals surface area contributed by atoms with Crippen molar-refractivity contribution in [2.75, 3.05) is 20.1 Å². The van der Waals surface area contributed by atoms with Crippen LogP contribution in [0, 0.1) is 6.92 Å². The fraction of sp³-hybridized carbons (Fsp3) is 0.500. The molecule has 4 heteroatoms. The largest absolute Gasteiger partial charge is 0.370 e. The van der Waals surface area contributed by atoms with Crippen LogP contribution < -0.4 is 5.73 Å². The topological polar surface area (TPSA) is 41.6 Å². The van der Waals surface area contributed by atoms with Crippen molar-refractivity contribution in [2.45, 2.75) is 12.8 Å². The third kappa shape index (κ3) is 1.75. The molecular formula is C10H15N3S. The molecule has 3 nitrogen and oxygen atoms in total. The Morgan fingerprint density at radius 3 is 3.00 bits per heavy atom. The van der Waals surface area contributed by atoms with Crippen LogP contribution in [0.2, 0.25) is 0 Å². The van der Waals surface area contributed by atoms with E-state index in [9.17, 15) is 0 Å². The SMILES string of the molecule is Cc1csc(C2CN=C(N)N(C)C2)c1. The Balaban J connectivity index is 2.15. The summed E-state index contributed by atoms with van der Waals surface area (Å²) in [6.45, 7) is 3.94. The highest BCUT2D eigenvalue weighted by atomic mass is 32.1. The van der Waals surface area contributed by atoms with Gasteiger partial charge in [-0.15, -0.1) is 11.3 Å². The van der Waals surface area contributed by atoms with Crippen LogP contribution in [0.3, 0.4) is 0 Å². The highest BCUT2D eigenvalue weighted by molar-refractivity contribution is 7.10. The Morgan fingerprint density at radius 2 is 2.43 bits per heavy atom. The van der Waals surface area contributed by atoms with E-state index < -0.39 is 0 Å². The number of aliphatic imine (C=N–C) groups is 1. The highest BCUT2D eigenvalue weighted by Gasteiger charge is 2.20. The zero-order chi connectivity index (χ0) is 10.1. The molecule has 76 valence electrons. The Hall–Kier alpha value is -1.03. The van der Waals surface area contributed by atoms with Gasteiger partial charge in [-0.05, 0) is 23.9 Å². The molecule has 2 heterocycles. The molecule has 0 bridgehead atoms. The van der Waals surface area contributed by atoms with Gasteiger partial charge in [-0.25, -0.2) is 0 Å². The first kappa shape index (κ1) is 9.52. The molecule has 0 saturated carbocycles. The van der Waals surface area contributed by atoms with Gasteiger partial charge in [-0.1, -0.05) is 0 Å². The Kier molecular flexibility index (Phi) is 2.46. The van der Waals surface area contributed by atoms with Crippen molar-refractivity contribution < 1.29 is 0 Å². The molecule has 0 spiro atoms. The summed E-state index contributed by atoms with van der Waals surface area (Å²) in [4.78, 5) is 7.74. The van der Waals surface area contributed by atoms with Crippen LogP contribution in [0.15, 0.2) is 16.4 Å². The molecule has 2 N–H and O–H groups in total. The molecule has 1 aromatic rings. The number of guanidine groups is 1. The van der Waals surface area contributed by atoms with Crippen molar-refractivity contribution in [2.24, 2.45) is 10.7 Å². The second-order valence-electron chi connectivity index (χ2n) is 3.80. The monoisotopic (exact) mass is 209 g/mol. The summed E-state index contributed by atoms with van der Waals surface area (Å²) in [5, 5.41) is 2.19. The van der Waals surface area contributed by atoms with E-state index in [4.69, 9.17) is 5.73 Å². The van der Waals surface area contributed by atoms with E-state index in [2.05, 4.69) is 23.4 Å². The lowest BCUT2D eigenvalue weighted by Gasteiger charge is -2.27. The van der Waals surface area contributed by atoms with Crippen LogP contribution in [0.5, 0.6) is 0 Å². The molecular weight excluding hydrogens is 194 g/mol. The van der Waals surface area contributed by atoms with Gasteiger partial charge in [0.15, 0.2) is 5.96 Å². The first-order valence-corrected chi connectivity index (χ1v) is 5.61. The van der Waals surface area contributed by atoms with E-state index in [-0.39, 0.29) is 0 Å². The van der Waals surface area contributed by atoms with Gasteiger partial charge in [0.1, 0.15) is 0 Å². The van der Waals surface area contributed by atoms with Crippen LogP contribution in [-0.2, 0) is 0 Å². The highest BCUT2D eigenvalue weighted by Crippen LogP contribution is 2.26. The van der Waals surface area contributed by atoms with Gasteiger partial charge < -0.3 is 10.6 Å². The average Bonchev–Trinajstić information content (AvgIpc) is 2.57. The first-order chi connectivity index (χ1) is 6.66. The van der Waals surface area contributed by atoms with Gasteiger partial charge in [-0.3, -0.25) is 4.99 Å². The predicted molar refractivity (Wildman–Crippen MR) is 60.9 cm³/mol. The number of thiophene rings is 1. The summed E-state index contributed by atoms with van der Waals surface area (Å²) in [6, 6.07) is 2.25. The van der Waals surface area contributed by atoms with Crippen molar-refractivity contribution in [1.82, 2.24) is 4.90 Å². The lowest BCUT2D eigenvalue weighted by Crippen LogP contribution is -2.41.